The normalized spacial score (nSPS) is 13.2. The van der Waals surface area contributed by atoms with Crippen LogP contribution in [-0.4, -0.2) is 16.1 Å². The van der Waals surface area contributed by atoms with Crippen LogP contribution >= 0.6 is 0 Å². The van der Waals surface area contributed by atoms with E-state index in [0.717, 1.165) is 0 Å². The molecule has 17 heavy (non-hydrogen) atoms. The van der Waals surface area contributed by atoms with Gasteiger partial charge in [0, 0.05) is 18.8 Å². The molecule has 0 spiro atoms. The van der Waals surface area contributed by atoms with Crippen molar-refractivity contribution in [3.63, 3.8) is 0 Å². The number of nitrogens with two attached hydrogens (primary N) is 1. The van der Waals surface area contributed by atoms with Gasteiger partial charge in [-0.2, -0.15) is 0 Å². The quantitative estimate of drug-likeness (QED) is 0.771. The number of hydrogen-bond donors (Lipinski definition) is 1. The lowest BCUT2D eigenvalue weighted by Crippen LogP contribution is -2.35. The predicted octanol–water partition coefficient (Wildman–Crippen LogP) is 0.727. The zero-order valence-corrected chi connectivity index (χ0v) is 10.6. The fourth-order valence-corrected chi connectivity index (χ4v) is 1.35. The third-order valence-electron chi connectivity index (χ3n) is 2.15. The zero-order valence-electron chi connectivity index (χ0n) is 10.6. The summed E-state index contributed by atoms with van der Waals surface area (Å²) in [5.41, 5.74) is 5.07. The van der Waals surface area contributed by atoms with Gasteiger partial charge in [-0.1, -0.05) is 0 Å². The molecule has 94 valence electrons. The summed E-state index contributed by atoms with van der Waals surface area (Å²) in [6.07, 6.45) is 1.60. The Balaban J connectivity index is 2.97. The smallest absolute Gasteiger partial charge is 0.328 e. The van der Waals surface area contributed by atoms with Crippen LogP contribution in [0.25, 0.3) is 0 Å². The first-order valence-electron chi connectivity index (χ1n) is 5.36. The maximum Gasteiger partial charge on any atom is 0.328 e. The molecule has 1 heterocycles. The molecule has 2 N–H and O–H groups in total. The van der Waals surface area contributed by atoms with E-state index in [9.17, 15) is 9.59 Å². The average Bonchev–Trinajstić information content (AvgIpc) is 2.18. The minimum absolute atomic E-state index is 0.240. The highest BCUT2D eigenvalue weighted by atomic mass is 16.6. The molecule has 0 amide bonds. The van der Waals surface area contributed by atoms with Crippen LogP contribution in [0.3, 0.4) is 0 Å². The van der Waals surface area contributed by atoms with E-state index in [1.807, 2.05) is 0 Å². The summed E-state index contributed by atoms with van der Waals surface area (Å²) in [4.78, 5) is 23.5. The second-order valence-electron chi connectivity index (χ2n) is 4.89. The Kier molecular flexibility index (Phi) is 3.72. The van der Waals surface area contributed by atoms with Crippen LogP contribution in [-0.2, 0) is 16.6 Å². The van der Waals surface area contributed by atoms with Crippen LogP contribution in [0.4, 0.5) is 0 Å². The number of carbonyl (C=O) groups is 1. The Bertz CT molecular complexity index is 471. The minimum atomic E-state index is -1.05. The van der Waals surface area contributed by atoms with Gasteiger partial charge in [-0.25, -0.2) is 4.79 Å². The first-order chi connectivity index (χ1) is 7.72. The van der Waals surface area contributed by atoms with Crippen LogP contribution in [0.15, 0.2) is 23.1 Å². The molecule has 1 aromatic heterocycles. The van der Waals surface area contributed by atoms with Crippen molar-refractivity contribution in [2.45, 2.75) is 32.4 Å². The second-order valence-corrected chi connectivity index (χ2v) is 4.89. The van der Waals surface area contributed by atoms with Gasteiger partial charge in [0.05, 0.1) is 0 Å². The summed E-state index contributed by atoms with van der Waals surface area (Å²) in [6, 6.07) is 2.16. The van der Waals surface area contributed by atoms with E-state index in [-0.39, 0.29) is 11.1 Å². The largest absolute Gasteiger partial charge is 0.459 e. The highest BCUT2D eigenvalue weighted by Crippen LogP contribution is 2.13. The molecule has 0 aliphatic heterocycles. The van der Waals surface area contributed by atoms with Gasteiger partial charge in [-0.15, -0.1) is 0 Å². The highest BCUT2D eigenvalue weighted by Gasteiger charge is 2.25. The van der Waals surface area contributed by atoms with Gasteiger partial charge in [0.1, 0.15) is 11.6 Å². The number of aryl methyl sites for hydroxylation is 1. The topological polar surface area (TPSA) is 74.3 Å². The van der Waals surface area contributed by atoms with E-state index in [2.05, 4.69) is 0 Å². The molecule has 0 radical (unpaired) electrons. The number of esters is 1. The number of hydrogen-bond acceptors (Lipinski definition) is 4. The molecule has 1 aromatic rings. The predicted molar refractivity (Wildman–Crippen MR) is 64.5 cm³/mol. The second kappa shape index (κ2) is 4.71. The van der Waals surface area contributed by atoms with Gasteiger partial charge in [0.15, 0.2) is 0 Å². The first-order valence-corrected chi connectivity index (χ1v) is 5.36. The summed E-state index contributed by atoms with van der Waals surface area (Å²) < 4.78 is 6.51. The van der Waals surface area contributed by atoms with Crippen molar-refractivity contribution in [2.24, 2.45) is 12.8 Å². The van der Waals surface area contributed by atoms with Crippen LogP contribution in [0.1, 0.15) is 32.4 Å². The Labute approximate surface area is 100 Å². The van der Waals surface area contributed by atoms with Crippen molar-refractivity contribution >= 4 is 5.97 Å². The van der Waals surface area contributed by atoms with Gasteiger partial charge < -0.3 is 15.0 Å². The van der Waals surface area contributed by atoms with E-state index < -0.39 is 17.6 Å². The van der Waals surface area contributed by atoms with Crippen molar-refractivity contribution < 1.29 is 9.53 Å². The molecule has 0 aliphatic carbocycles. The standard InChI is InChI=1S/C12H18N2O3/c1-12(2,3)17-11(16)9(13)8-6-5-7-14(4)10(8)15/h5-7,9H,13H2,1-4H3. The molecular weight excluding hydrogens is 220 g/mol. The van der Waals surface area contributed by atoms with Gasteiger partial charge in [0.25, 0.3) is 5.56 Å². The van der Waals surface area contributed by atoms with Crippen molar-refractivity contribution in [1.82, 2.24) is 4.57 Å². The number of aromatic nitrogens is 1. The van der Waals surface area contributed by atoms with E-state index in [1.54, 1.807) is 40.1 Å². The Morgan fingerprint density at radius 3 is 2.59 bits per heavy atom. The number of rotatable bonds is 2. The van der Waals surface area contributed by atoms with Crippen molar-refractivity contribution in [1.29, 1.82) is 0 Å². The third-order valence-corrected chi connectivity index (χ3v) is 2.15. The van der Waals surface area contributed by atoms with Crippen LogP contribution < -0.4 is 11.3 Å². The Morgan fingerprint density at radius 1 is 1.47 bits per heavy atom. The van der Waals surface area contributed by atoms with Crippen LogP contribution in [0.5, 0.6) is 0 Å². The molecule has 0 aromatic carbocycles. The molecule has 1 atom stereocenters. The van der Waals surface area contributed by atoms with E-state index >= 15 is 0 Å². The highest BCUT2D eigenvalue weighted by molar-refractivity contribution is 5.77. The Hall–Kier alpha value is -1.62. The molecule has 1 unspecified atom stereocenters. The molecule has 0 bridgehead atoms. The summed E-state index contributed by atoms with van der Waals surface area (Å²) in [5.74, 6) is -0.596. The fourth-order valence-electron chi connectivity index (χ4n) is 1.35. The summed E-state index contributed by atoms with van der Waals surface area (Å²) in [5, 5.41) is 0. The van der Waals surface area contributed by atoms with Gasteiger partial charge >= 0.3 is 5.97 Å². The first kappa shape index (κ1) is 13.4. The lowest BCUT2D eigenvalue weighted by Gasteiger charge is -2.22. The molecule has 0 saturated carbocycles. The summed E-state index contributed by atoms with van der Waals surface area (Å²) >= 11 is 0. The molecule has 0 aliphatic rings. The zero-order chi connectivity index (χ0) is 13.2. The van der Waals surface area contributed by atoms with Gasteiger partial charge in [-0.3, -0.25) is 4.79 Å². The van der Waals surface area contributed by atoms with Crippen molar-refractivity contribution in [2.75, 3.05) is 0 Å². The minimum Gasteiger partial charge on any atom is -0.459 e. The van der Waals surface area contributed by atoms with Crippen molar-refractivity contribution in [3.05, 3.63) is 34.2 Å². The molecule has 0 fully saturated rings. The lowest BCUT2D eigenvalue weighted by molar-refractivity contribution is -0.156. The summed E-state index contributed by atoms with van der Waals surface area (Å²) in [6.45, 7) is 5.25. The van der Waals surface area contributed by atoms with Crippen LogP contribution in [0, 0.1) is 0 Å². The van der Waals surface area contributed by atoms with E-state index in [0.29, 0.717) is 0 Å². The monoisotopic (exact) mass is 238 g/mol. The average molecular weight is 238 g/mol. The number of carbonyl (C=O) groups excluding carboxylic acids is 1. The van der Waals surface area contributed by atoms with E-state index in [4.69, 9.17) is 10.5 Å². The molecule has 0 saturated heterocycles. The fraction of sp³-hybridized carbons (Fsp3) is 0.500. The molecule has 1 rings (SSSR count). The maximum atomic E-state index is 11.8. The maximum absolute atomic E-state index is 11.8. The van der Waals surface area contributed by atoms with Gasteiger partial charge in [0.2, 0.25) is 0 Å². The third kappa shape index (κ3) is 3.42. The summed E-state index contributed by atoms with van der Waals surface area (Å²) in [7, 11) is 1.60. The lowest BCUT2D eigenvalue weighted by atomic mass is 10.1. The van der Waals surface area contributed by atoms with E-state index in [1.165, 1.54) is 10.6 Å². The number of pyridine rings is 1. The Morgan fingerprint density at radius 2 is 2.06 bits per heavy atom. The molecular formula is C12H18N2O3. The number of ether oxygens (including phenoxy) is 1. The van der Waals surface area contributed by atoms with Crippen LogP contribution in [0.2, 0.25) is 0 Å². The van der Waals surface area contributed by atoms with Gasteiger partial charge in [-0.05, 0) is 32.9 Å². The van der Waals surface area contributed by atoms with Crippen molar-refractivity contribution in [3.8, 4) is 0 Å². The number of nitrogens with zero attached hydrogens (tertiary/aromatic N) is 1. The molecule has 5 nitrogen and oxygen atoms in total. The SMILES string of the molecule is Cn1cccc(C(N)C(=O)OC(C)(C)C)c1=O. The molecule has 5 heteroatoms.